The Bertz CT molecular complexity index is 441. The maximum absolute atomic E-state index is 10.9. The van der Waals surface area contributed by atoms with Crippen molar-refractivity contribution in [3.63, 3.8) is 0 Å². The number of nitrogens with zero attached hydrogens (tertiary/aromatic N) is 1. The first kappa shape index (κ1) is 14.1. The van der Waals surface area contributed by atoms with Crippen molar-refractivity contribution in [2.24, 2.45) is 0 Å². The Kier molecular flexibility index (Phi) is 6.09. The van der Waals surface area contributed by atoms with Gasteiger partial charge in [0.05, 0.1) is 11.3 Å². The predicted molar refractivity (Wildman–Crippen MR) is 75.0 cm³/mol. The molecule has 0 aliphatic carbocycles. The van der Waals surface area contributed by atoms with Crippen LogP contribution in [0.5, 0.6) is 0 Å². The third-order valence-electron chi connectivity index (χ3n) is 2.28. The molecule has 0 heterocycles. The van der Waals surface area contributed by atoms with Gasteiger partial charge in [-0.1, -0.05) is 6.07 Å². The Balaban J connectivity index is 2.65. The standard InChI is InChI=1S/C12H16N2OS2/c1-16-12-6-3-5-11(10(12)9-13)14-7-4-8-17(2)15/h3,5-6,14H,4,7-8H2,1-2H3. The molecular weight excluding hydrogens is 252 g/mol. The van der Waals surface area contributed by atoms with E-state index in [0.717, 1.165) is 23.5 Å². The highest BCUT2D eigenvalue weighted by molar-refractivity contribution is 7.98. The summed E-state index contributed by atoms with van der Waals surface area (Å²) in [5, 5.41) is 12.3. The second-order valence-electron chi connectivity index (χ2n) is 3.55. The van der Waals surface area contributed by atoms with Crippen LogP contribution in [0.4, 0.5) is 5.69 Å². The predicted octanol–water partition coefficient (Wildman–Crippen LogP) is 2.46. The number of benzene rings is 1. The van der Waals surface area contributed by atoms with Crippen LogP contribution in [0.15, 0.2) is 23.1 Å². The summed E-state index contributed by atoms with van der Waals surface area (Å²) in [5.74, 6) is 0.692. The minimum Gasteiger partial charge on any atom is -0.384 e. The summed E-state index contributed by atoms with van der Waals surface area (Å²) in [5.41, 5.74) is 1.55. The zero-order chi connectivity index (χ0) is 12.7. The van der Waals surface area contributed by atoms with Gasteiger partial charge in [-0.15, -0.1) is 11.8 Å². The lowest BCUT2D eigenvalue weighted by atomic mass is 10.2. The molecule has 5 heteroatoms. The molecule has 0 spiro atoms. The molecule has 0 radical (unpaired) electrons. The number of anilines is 1. The third-order valence-corrected chi connectivity index (χ3v) is 3.93. The zero-order valence-corrected chi connectivity index (χ0v) is 11.7. The molecule has 1 unspecified atom stereocenters. The lowest BCUT2D eigenvalue weighted by Crippen LogP contribution is -2.07. The van der Waals surface area contributed by atoms with Gasteiger partial charge in [0, 0.05) is 34.2 Å². The fourth-order valence-corrected chi connectivity index (χ4v) is 2.59. The van der Waals surface area contributed by atoms with E-state index in [2.05, 4.69) is 11.4 Å². The fraction of sp³-hybridized carbons (Fsp3) is 0.417. The second kappa shape index (κ2) is 7.36. The summed E-state index contributed by atoms with van der Waals surface area (Å²) in [4.78, 5) is 0.983. The van der Waals surface area contributed by atoms with Crippen LogP contribution in [0.3, 0.4) is 0 Å². The molecule has 0 saturated heterocycles. The largest absolute Gasteiger partial charge is 0.384 e. The van der Waals surface area contributed by atoms with Gasteiger partial charge < -0.3 is 5.32 Å². The maximum atomic E-state index is 10.9. The van der Waals surface area contributed by atoms with Crippen LogP contribution in [0, 0.1) is 11.3 Å². The Morgan fingerprint density at radius 2 is 2.29 bits per heavy atom. The lowest BCUT2D eigenvalue weighted by Gasteiger charge is -2.09. The SMILES string of the molecule is CSc1cccc(NCCCS(C)=O)c1C#N. The van der Waals surface area contributed by atoms with Crippen molar-refractivity contribution in [2.45, 2.75) is 11.3 Å². The highest BCUT2D eigenvalue weighted by atomic mass is 32.2. The van der Waals surface area contributed by atoms with Crippen molar-refractivity contribution in [2.75, 3.05) is 30.1 Å². The quantitative estimate of drug-likeness (QED) is 0.636. The van der Waals surface area contributed by atoms with Crippen LogP contribution in [-0.2, 0) is 10.8 Å². The number of nitrogens with one attached hydrogen (secondary N) is 1. The third kappa shape index (κ3) is 4.41. The Labute approximate surface area is 109 Å². The number of hydrogen-bond donors (Lipinski definition) is 1. The number of hydrogen-bond acceptors (Lipinski definition) is 4. The smallest absolute Gasteiger partial charge is 0.102 e. The topological polar surface area (TPSA) is 52.9 Å². The molecule has 0 amide bonds. The average Bonchev–Trinajstić information content (AvgIpc) is 2.33. The first-order chi connectivity index (χ1) is 8.19. The van der Waals surface area contributed by atoms with E-state index in [-0.39, 0.29) is 0 Å². The van der Waals surface area contributed by atoms with Crippen molar-refractivity contribution < 1.29 is 4.21 Å². The molecule has 1 N–H and O–H groups in total. The van der Waals surface area contributed by atoms with Gasteiger partial charge in [-0.3, -0.25) is 4.21 Å². The van der Waals surface area contributed by atoms with Crippen LogP contribution in [-0.4, -0.2) is 29.0 Å². The molecule has 92 valence electrons. The minimum atomic E-state index is -0.746. The Hall–Kier alpha value is -0.990. The molecule has 0 saturated carbocycles. The molecule has 1 atom stereocenters. The summed E-state index contributed by atoms with van der Waals surface area (Å²) in [6.45, 7) is 0.742. The van der Waals surface area contributed by atoms with Crippen molar-refractivity contribution in [3.05, 3.63) is 23.8 Å². The average molecular weight is 268 g/mol. The van der Waals surface area contributed by atoms with Crippen molar-refractivity contribution in [1.82, 2.24) is 0 Å². The normalized spacial score (nSPS) is 11.8. The van der Waals surface area contributed by atoms with Gasteiger partial charge >= 0.3 is 0 Å². The van der Waals surface area contributed by atoms with Crippen LogP contribution >= 0.6 is 11.8 Å². The molecule has 0 aliphatic rings. The molecule has 0 aromatic heterocycles. The summed E-state index contributed by atoms with van der Waals surface area (Å²) in [6.07, 6.45) is 4.51. The van der Waals surface area contributed by atoms with E-state index >= 15 is 0 Å². The molecule has 17 heavy (non-hydrogen) atoms. The van der Waals surface area contributed by atoms with E-state index < -0.39 is 10.8 Å². The Morgan fingerprint density at radius 3 is 2.88 bits per heavy atom. The van der Waals surface area contributed by atoms with Gasteiger partial charge in [0.1, 0.15) is 6.07 Å². The number of thioether (sulfide) groups is 1. The zero-order valence-electron chi connectivity index (χ0n) is 10.0. The minimum absolute atomic E-state index is 0.692. The van der Waals surface area contributed by atoms with Crippen LogP contribution in [0.2, 0.25) is 0 Å². The van der Waals surface area contributed by atoms with E-state index in [0.29, 0.717) is 11.3 Å². The van der Waals surface area contributed by atoms with Gasteiger partial charge in [-0.25, -0.2) is 0 Å². The Morgan fingerprint density at radius 1 is 1.53 bits per heavy atom. The van der Waals surface area contributed by atoms with Crippen molar-refractivity contribution in [3.8, 4) is 6.07 Å². The molecule has 1 aromatic rings. The van der Waals surface area contributed by atoms with Gasteiger partial charge in [-0.2, -0.15) is 5.26 Å². The molecular formula is C12H16N2OS2. The van der Waals surface area contributed by atoms with Crippen LogP contribution < -0.4 is 5.32 Å². The second-order valence-corrected chi connectivity index (χ2v) is 5.95. The monoisotopic (exact) mass is 268 g/mol. The molecule has 1 rings (SSSR count). The van der Waals surface area contributed by atoms with Crippen LogP contribution in [0.1, 0.15) is 12.0 Å². The highest BCUT2D eigenvalue weighted by Crippen LogP contribution is 2.26. The van der Waals surface area contributed by atoms with Crippen molar-refractivity contribution in [1.29, 1.82) is 5.26 Å². The fourth-order valence-electron chi connectivity index (χ4n) is 1.46. The maximum Gasteiger partial charge on any atom is 0.102 e. The lowest BCUT2D eigenvalue weighted by molar-refractivity contribution is 0.685. The van der Waals surface area contributed by atoms with Gasteiger partial charge in [0.25, 0.3) is 0 Å². The van der Waals surface area contributed by atoms with E-state index in [1.165, 1.54) is 0 Å². The summed E-state index contributed by atoms with van der Waals surface area (Å²) < 4.78 is 10.9. The molecule has 0 aliphatic heterocycles. The van der Waals surface area contributed by atoms with E-state index in [1.54, 1.807) is 18.0 Å². The van der Waals surface area contributed by atoms with E-state index in [4.69, 9.17) is 5.26 Å². The van der Waals surface area contributed by atoms with Gasteiger partial charge in [-0.05, 0) is 24.8 Å². The molecule has 3 nitrogen and oxygen atoms in total. The van der Waals surface area contributed by atoms with E-state index in [9.17, 15) is 4.21 Å². The van der Waals surface area contributed by atoms with Gasteiger partial charge in [0.15, 0.2) is 0 Å². The number of rotatable bonds is 6. The van der Waals surface area contributed by atoms with Gasteiger partial charge in [0.2, 0.25) is 0 Å². The first-order valence-corrected chi connectivity index (χ1v) is 8.25. The number of nitriles is 1. The molecule has 0 bridgehead atoms. The highest BCUT2D eigenvalue weighted by Gasteiger charge is 2.06. The van der Waals surface area contributed by atoms with Crippen molar-refractivity contribution >= 4 is 28.2 Å². The molecule has 1 aromatic carbocycles. The van der Waals surface area contributed by atoms with Crippen LogP contribution in [0.25, 0.3) is 0 Å². The van der Waals surface area contributed by atoms with E-state index in [1.807, 2.05) is 24.5 Å². The summed E-state index contributed by atoms with van der Waals surface area (Å²) in [7, 11) is -0.746. The first-order valence-electron chi connectivity index (χ1n) is 5.30. The molecule has 0 fully saturated rings. The summed E-state index contributed by atoms with van der Waals surface area (Å²) in [6, 6.07) is 8.00. The summed E-state index contributed by atoms with van der Waals surface area (Å²) >= 11 is 1.57.